The number of carbonyl (C=O) groups is 2. The number of nitrogens with one attached hydrogen (secondary N) is 3. The van der Waals surface area contributed by atoms with E-state index in [0.29, 0.717) is 5.56 Å². The van der Waals surface area contributed by atoms with Crippen LogP contribution in [0.2, 0.25) is 0 Å². The van der Waals surface area contributed by atoms with Gasteiger partial charge >= 0.3 is 0 Å². The molecule has 0 saturated carbocycles. The van der Waals surface area contributed by atoms with Gasteiger partial charge in [-0.3, -0.25) is 9.59 Å². The lowest BCUT2D eigenvalue weighted by Crippen LogP contribution is -2.39. The Morgan fingerprint density at radius 2 is 1.62 bits per heavy atom. The topological polar surface area (TPSA) is 86.9 Å². The smallest absolute Gasteiger partial charge is 0.251 e. The Kier molecular flexibility index (Phi) is 5.33. The minimum Gasteiger partial charge on any atom is -0.345 e. The Hall–Kier alpha value is -3.93. The normalized spacial score (nSPS) is 11.7. The molecule has 6 heteroatoms. The lowest BCUT2D eigenvalue weighted by molar-refractivity contribution is -0.120. The van der Waals surface area contributed by atoms with E-state index in [0.717, 1.165) is 22.2 Å². The number of amides is 2. The number of imidazole rings is 1. The molecule has 1 heterocycles. The molecule has 4 rings (SSSR count). The van der Waals surface area contributed by atoms with Crippen molar-refractivity contribution in [2.24, 2.45) is 0 Å². The fourth-order valence-corrected chi connectivity index (χ4v) is 3.20. The number of nitrogens with zero attached hydrogens (tertiary/aromatic N) is 1. The van der Waals surface area contributed by atoms with Crippen LogP contribution in [0.5, 0.6) is 0 Å². The molecule has 3 aromatic carbocycles. The second-order valence-electron chi connectivity index (χ2n) is 6.64. The fourth-order valence-electron chi connectivity index (χ4n) is 3.20. The van der Waals surface area contributed by atoms with Crippen LogP contribution in [0.4, 0.5) is 0 Å². The zero-order valence-electron chi connectivity index (χ0n) is 15.6. The fraction of sp³-hybridized carbons (Fsp3) is 0.0870. The predicted molar refractivity (Wildman–Crippen MR) is 111 cm³/mol. The Bertz CT molecular complexity index is 1120. The maximum Gasteiger partial charge on any atom is 0.251 e. The molecule has 2 amide bonds. The number of aromatic amines is 1. The average molecular weight is 384 g/mol. The monoisotopic (exact) mass is 384 g/mol. The van der Waals surface area contributed by atoms with Gasteiger partial charge in [0.05, 0.1) is 29.9 Å². The van der Waals surface area contributed by atoms with Crippen LogP contribution < -0.4 is 10.6 Å². The largest absolute Gasteiger partial charge is 0.345 e. The van der Waals surface area contributed by atoms with Crippen LogP contribution in [0.25, 0.3) is 11.0 Å². The number of fused-ring (bicyclic) bond motifs is 1. The molecule has 0 bridgehead atoms. The van der Waals surface area contributed by atoms with E-state index in [1.54, 1.807) is 30.6 Å². The molecule has 0 saturated heterocycles. The first-order chi connectivity index (χ1) is 14.2. The first kappa shape index (κ1) is 18.4. The number of hydrogen-bond acceptors (Lipinski definition) is 3. The van der Waals surface area contributed by atoms with E-state index >= 15 is 0 Å². The van der Waals surface area contributed by atoms with Crippen molar-refractivity contribution in [3.8, 4) is 0 Å². The summed E-state index contributed by atoms with van der Waals surface area (Å²) >= 11 is 0. The molecule has 1 aromatic heterocycles. The van der Waals surface area contributed by atoms with Gasteiger partial charge in [-0.15, -0.1) is 0 Å². The molecule has 6 nitrogen and oxygen atoms in total. The van der Waals surface area contributed by atoms with Gasteiger partial charge in [-0.1, -0.05) is 54.6 Å². The van der Waals surface area contributed by atoms with Crippen LogP contribution in [-0.2, 0) is 4.79 Å². The summed E-state index contributed by atoms with van der Waals surface area (Å²) in [6.45, 7) is -0.108. The lowest BCUT2D eigenvalue weighted by Gasteiger charge is -2.20. The lowest BCUT2D eigenvalue weighted by atomic mass is 9.98. The van der Waals surface area contributed by atoms with Crippen LogP contribution in [0.3, 0.4) is 0 Å². The van der Waals surface area contributed by atoms with Crippen molar-refractivity contribution in [1.29, 1.82) is 0 Å². The van der Waals surface area contributed by atoms with Gasteiger partial charge in [0.15, 0.2) is 0 Å². The van der Waals surface area contributed by atoms with E-state index in [2.05, 4.69) is 20.6 Å². The van der Waals surface area contributed by atoms with Crippen LogP contribution in [0.15, 0.2) is 85.2 Å². The third-order valence-electron chi connectivity index (χ3n) is 4.66. The third kappa shape index (κ3) is 4.32. The highest BCUT2D eigenvalue weighted by Crippen LogP contribution is 2.24. The van der Waals surface area contributed by atoms with Crippen molar-refractivity contribution in [2.45, 2.75) is 6.04 Å². The molecule has 0 radical (unpaired) electrons. The number of hydrogen-bond donors (Lipinski definition) is 3. The summed E-state index contributed by atoms with van der Waals surface area (Å²) in [5.74, 6) is -0.552. The first-order valence-corrected chi connectivity index (χ1v) is 9.31. The highest BCUT2D eigenvalue weighted by molar-refractivity contribution is 5.96. The van der Waals surface area contributed by atoms with E-state index in [1.165, 1.54) is 0 Å². The molecule has 29 heavy (non-hydrogen) atoms. The minimum absolute atomic E-state index is 0.108. The van der Waals surface area contributed by atoms with Gasteiger partial charge in [0.1, 0.15) is 0 Å². The molecule has 0 fully saturated rings. The van der Waals surface area contributed by atoms with Crippen LogP contribution in [0, 0.1) is 0 Å². The Morgan fingerprint density at radius 3 is 2.38 bits per heavy atom. The Labute approximate surface area is 168 Å². The molecule has 1 atom stereocenters. The quantitative estimate of drug-likeness (QED) is 0.477. The van der Waals surface area contributed by atoms with Crippen molar-refractivity contribution < 1.29 is 9.59 Å². The molecule has 0 unspecified atom stereocenters. The van der Waals surface area contributed by atoms with E-state index in [-0.39, 0.29) is 24.4 Å². The SMILES string of the molecule is O=C(CNC(=O)c1ccccc1)N[C@@H](c1ccccc1)c1ccc2nc[nH]c2c1. The van der Waals surface area contributed by atoms with Crippen molar-refractivity contribution >= 4 is 22.8 Å². The molecule has 0 aliphatic heterocycles. The van der Waals surface area contributed by atoms with Crippen LogP contribution in [0.1, 0.15) is 27.5 Å². The van der Waals surface area contributed by atoms with Gasteiger partial charge in [-0.2, -0.15) is 0 Å². The number of H-pyrrole nitrogens is 1. The Balaban J connectivity index is 1.51. The maximum atomic E-state index is 12.6. The molecule has 3 N–H and O–H groups in total. The summed E-state index contributed by atoms with van der Waals surface area (Å²) in [5, 5.41) is 5.69. The zero-order chi connectivity index (χ0) is 20.1. The van der Waals surface area contributed by atoms with Gasteiger partial charge < -0.3 is 15.6 Å². The van der Waals surface area contributed by atoms with Gasteiger partial charge in [-0.25, -0.2) is 4.98 Å². The van der Waals surface area contributed by atoms with Crippen LogP contribution in [-0.4, -0.2) is 28.3 Å². The number of rotatable bonds is 6. The van der Waals surface area contributed by atoms with Gasteiger partial charge in [0, 0.05) is 5.56 Å². The van der Waals surface area contributed by atoms with Gasteiger partial charge in [0.2, 0.25) is 5.91 Å². The summed E-state index contributed by atoms with van der Waals surface area (Å²) in [4.78, 5) is 32.1. The zero-order valence-corrected chi connectivity index (χ0v) is 15.6. The summed E-state index contributed by atoms with van der Waals surface area (Å²) < 4.78 is 0. The van der Waals surface area contributed by atoms with E-state index in [1.807, 2.05) is 54.6 Å². The summed E-state index contributed by atoms with van der Waals surface area (Å²) in [5.41, 5.74) is 4.16. The predicted octanol–water partition coefficient (Wildman–Crippen LogP) is 3.20. The average Bonchev–Trinajstić information content (AvgIpc) is 3.25. The van der Waals surface area contributed by atoms with E-state index in [9.17, 15) is 9.59 Å². The number of benzene rings is 3. The van der Waals surface area contributed by atoms with Crippen molar-refractivity contribution in [3.05, 3.63) is 102 Å². The second kappa shape index (κ2) is 8.39. The highest BCUT2D eigenvalue weighted by Gasteiger charge is 2.18. The van der Waals surface area contributed by atoms with Crippen molar-refractivity contribution in [2.75, 3.05) is 6.54 Å². The van der Waals surface area contributed by atoms with Crippen molar-refractivity contribution in [1.82, 2.24) is 20.6 Å². The third-order valence-corrected chi connectivity index (χ3v) is 4.66. The molecule has 144 valence electrons. The number of carbonyl (C=O) groups excluding carboxylic acids is 2. The first-order valence-electron chi connectivity index (χ1n) is 9.31. The number of aromatic nitrogens is 2. The Morgan fingerprint density at radius 1 is 0.897 bits per heavy atom. The molecule has 0 aliphatic carbocycles. The minimum atomic E-state index is -0.343. The molecular formula is C23H20N4O2. The van der Waals surface area contributed by atoms with E-state index in [4.69, 9.17) is 0 Å². The molecular weight excluding hydrogens is 364 g/mol. The van der Waals surface area contributed by atoms with Crippen molar-refractivity contribution in [3.63, 3.8) is 0 Å². The summed E-state index contributed by atoms with van der Waals surface area (Å²) in [7, 11) is 0. The van der Waals surface area contributed by atoms with Gasteiger partial charge in [-0.05, 0) is 35.4 Å². The molecule has 4 aromatic rings. The van der Waals surface area contributed by atoms with Gasteiger partial charge in [0.25, 0.3) is 5.91 Å². The molecule has 0 spiro atoms. The second-order valence-corrected chi connectivity index (χ2v) is 6.64. The summed E-state index contributed by atoms with van der Waals surface area (Å²) in [6.07, 6.45) is 1.64. The highest BCUT2D eigenvalue weighted by atomic mass is 16.2. The van der Waals surface area contributed by atoms with Crippen LogP contribution >= 0.6 is 0 Å². The van der Waals surface area contributed by atoms with E-state index < -0.39 is 0 Å². The maximum absolute atomic E-state index is 12.6. The standard InChI is InChI=1S/C23H20N4O2/c28-21(14-24-23(29)17-9-5-2-6-10-17)27-22(16-7-3-1-4-8-16)18-11-12-19-20(13-18)26-15-25-19/h1-13,15,22H,14H2,(H,24,29)(H,25,26)(H,27,28)/t22-/m0/s1. The molecule has 0 aliphatic rings. The summed E-state index contributed by atoms with van der Waals surface area (Å²) in [6, 6.07) is 24.0.